The van der Waals surface area contributed by atoms with Crippen molar-refractivity contribution in [1.29, 1.82) is 0 Å². The second-order valence-corrected chi connectivity index (χ2v) is 5.66. The lowest BCUT2D eigenvalue weighted by Gasteiger charge is -2.01. The Kier molecular flexibility index (Phi) is 3.90. The van der Waals surface area contributed by atoms with Crippen LogP contribution in [0.2, 0.25) is 0 Å². The van der Waals surface area contributed by atoms with Crippen LogP contribution in [0.1, 0.15) is 37.0 Å². The van der Waals surface area contributed by atoms with Gasteiger partial charge in [0.1, 0.15) is 6.54 Å². The first-order valence-electron chi connectivity index (χ1n) is 7.21. The molecule has 0 aliphatic rings. The molecule has 0 aromatic carbocycles. The van der Waals surface area contributed by atoms with Gasteiger partial charge in [-0.1, -0.05) is 19.0 Å². The van der Waals surface area contributed by atoms with E-state index in [9.17, 15) is 13.2 Å². The van der Waals surface area contributed by atoms with Crippen molar-refractivity contribution in [1.82, 2.24) is 29.7 Å². The molecule has 24 heavy (non-hydrogen) atoms. The van der Waals surface area contributed by atoms with Crippen LogP contribution in [0, 0.1) is 0 Å². The van der Waals surface area contributed by atoms with E-state index in [0.29, 0.717) is 5.82 Å². The number of aryl methyl sites for hydroxylation is 1. The second-order valence-electron chi connectivity index (χ2n) is 5.66. The minimum Gasteiger partial charge on any atom is -0.337 e. The molecular weight excluding hydrogens is 325 g/mol. The molecule has 10 heteroatoms. The third-order valence-electron chi connectivity index (χ3n) is 3.34. The summed E-state index contributed by atoms with van der Waals surface area (Å²) in [6, 6.07) is 0.898. The molecule has 0 radical (unpaired) electrons. The van der Waals surface area contributed by atoms with Crippen LogP contribution in [-0.4, -0.2) is 29.7 Å². The SMILES string of the molecule is CC(C)c1nn(C)cc1-c1noc(Cn2ccc(C(F)(F)F)n2)n1. The Bertz CT molecular complexity index is 845. The van der Waals surface area contributed by atoms with Gasteiger partial charge in [0.05, 0.1) is 11.3 Å². The summed E-state index contributed by atoms with van der Waals surface area (Å²) in [4.78, 5) is 4.23. The second kappa shape index (κ2) is 5.77. The molecule has 3 rings (SSSR count). The van der Waals surface area contributed by atoms with Crippen molar-refractivity contribution in [2.45, 2.75) is 32.5 Å². The van der Waals surface area contributed by atoms with Crippen LogP contribution in [0.5, 0.6) is 0 Å². The Balaban J connectivity index is 1.83. The van der Waals surface area contributed by atoms with Gasteiger partial charge in [0, 0.05) is 19.4 Å². The molecule has 0 saturated carbocycles. The lowest BCUT2D eigenvalue weighted by molar-refractivity contribution is -0.141. The topological polar surface area (TPSA) is 74.6 Å². The third-order valence-corrected chi connectivity index (χ3v) is 3.34. The van der Waals surface area contributed by atoms with Crippen LogP contribution in [0.25, 0.3) is 11.4 Å². The van der Waals surface area contributed by atoms with Crippen LogP contribution in [-0.2, 0) is 19.8 Å². The first-order valence-corrected chi connectivity index (χ1v) is 7.21. The molecular formula is C14H15F3N6O. The molecule has 0 aliphatic carbocycles. The number of alkyl halides is 3. The summed E-state index contributed by atoms with van der Waals surface area (Å²) in [6.07, 6.45) is -1.48. The maximum absolute atomic E-state index is 12.6. The van der Waals surface area contributed by atoms with Crippen molar-refractivity contribution < 1.29 is 17.7 Å². The number of rotatable bonds is 4. The maximum atomic E-state index is 12.6. The molecule has 3 heterocycles. The average Bonchev–Trinajstić information content (AvgIpc) is 3.17. The fourth-order valence-corrected chi connectivity index (χ4v) is 2.27. The minimum absolute atomic E-state index is 0.0413. The number of hydrogen-bond donors (Lipinski definition) is 0. The zero-order valence-corrected chi connectivity index (χ0v) is 13.2. The van der Waals surface area contributed by atoms with Crippen molar-refractivity contribution in [3.63, 3.8) is 0 Å². The van der Waals surface area contributed by atoms with Gasteiger partial charge in [-0.3, -0.25) is 9.36 Å². The summed E-state index contributed by atoms with van der Waals surface area (Å²) in [5, 5.41) is 11.7. The van der Waals surface area contributed by atoms with Crippen molar-refractivity contribution in [2.75, 3.05) is 0 Å². The highest BCUT2D eigenvalue weighted by atomic mass is 19.4. The molecule has 0 fully saturated rings. The van der Waals surface area contributed by atoms with E-state index < -0.39 is 11.9 Å². The van der Waals surface area contributed by atoms with E-state index in [1.54, 1.807) is 17.9 Å². The van der Waals surface area contributed by atoms with Gasteiger partial charge in [-0.25, -0.2) is 0 Å². The van der Waals surface area contributed by atoms with Crippen molar-refractivity contribution >= 4 is 0 Å². The fourth-order valence-electron chi connectivity index (χ4n) is 2.27. The molecule has 128 valence electrons. The van der Waals surface area contributed by atoms with Crippen LogP contribution in [0.15, 0.2) is 23.0 Å². The zero-order valence-electron chi connectivity index (χ0n) is 13.2. The van der Waals surface area contributed by atoms with Crippen LogP contribution in [0.4, 0.5) is 13.2 Å². The van der Waals surface area contributed by atoms with Gasteiger partial charge in [0.15, 0.2) is 5.69 Å². The maximum Gasteiger partial charge on any atom is 0.435 e. The number of hydrogen-bond acceptors (Lipinski definition) is 5. The predicted octanol–water partition coefficient (Wildman–Crippen LogP) is 2.86. The Morgan fingerprint density at radius 2 is 2.00 bits per heavy atom. The van der Waals surface area contributed by atoms with Crippen LogP contribution < -0.4 is 0 Å². The Morgan fingerprint density at radius 3 is 2.62 bits per heavy atom. The van der Waals surface area contributed by atoms with Crippen molar-refractivity contribution in [3.8, 4) is 11.4 Å². The summed E-state index contributed by atoms with van der Waals surface area (Å²) in [6.45, 7) is 3.95. The monoisotopic (exact) mass is 340 g/mol. The lowest BCUT2D eigenvalue weighted by atomic mass is 10.1. The van der Waals surface area contributed by atoms with Crippen molar-refractivity contribution in [3.05, 3.63) is 35.7 Å². The summed E-state index contributed by atoms with van der Waals surface area (Å²) in [7, 11) is 1.79. The summed E-state index contributed by atoms with van der Waals surface area (Å²) in [5.41, 5.74) is 0.596. The van der Waals surface area contributed by atoms with Gasteiger partial charge in [-0.15, -0.1) is 0 Å². The molecule has 0 atom stereocenters. The standard InChI is InChI=1S/C14H15F3N6O/c1-8(2)12-9(6-22(3)20-12)13-18-11(24-21-13)7-23-5-4-10(19-23)14(15,16)17/h4-6,8H,7H2,1-3H3. The summed E-state index contributed by atoms with van der Waals surface area (Å²) in [5.74, 6) is 0.689. The van der Waals surface area contributed by atoms with Gasteiger partial charge in [0.2, 0.25) is 11.7 Å². The fraction of sp³-hybridized carbons (Fsp3) is 0.429. The Morgan fingerprint density at radius 1 is 1.25 bits per heavy atom. The number of aromatic nitrogens is 6. The van der Waals surface area contributed by atoms with E-state index in [1.165, 1.54) is 6.20 Å². The molecule has 0 saturated heterocycles. The van der Waals surface area contributed by atoms with Crippen LogP contribution in [0.3, 0.4) is 0 Å². The number of nitrogens with zero attached hydrogens (tertiary/aromatic N) is 6. The van der Waals surface area contributed by atoms with Gasteiger partial charge < -0.3 is 4.52 Å². The molecule has 0 unspecified atom stereocenters. The summed E-state index contributed by atoms with van der Waals surface area (Å²) < 4.78 is 45.5. The molecule has 0 bridgehead atoms. The first-order chi connectivity index (χ1) is 11.2. The molecule has 0 spiro atoms. The third kappa shape index (κ3) is 3.17. The molecule has 7 nitrogen and oxygen atoms in total. The molecule has 0 amide bonds. The van der Waals surface area contributed by atoms with E-state index in [2.05, 4.69) is 20.3 Å². The van der Waals surface area contributed by atoms with E-state index in [-0.39, 0.29) is 18.4 Å². The van der Waals surface area contributed by atoms with E-state index in [0.717, 1.165) is 22.0 Å². The predicted molar refractivity (Wildman–Crippen MR) is 76.9 cm³/mol. The largest absolute Gasteiger partial charge is 0.435 e. The Labute approximate surface area is 135 Å². The highest BCUT2D eigenvalue weighted by molar-refractivity contribution is 5.57. The van der Waals surface area contributed by atoms with Crippen molar-refractivity contribution in [2.24, 2.45) is 7.05 Å². The smallest absolute Gasteiger partial charge is 0.337 e. The minimum atomic E-state index is -4.48. The molecule has 0 aliphatic heterocycles. The van der Waals surface area contributed by atoms with E-state index in [4.69, 9.17) is 4.52 Å². The van der Waals surface area contributed by atoms with Gasteiger partial charge in [-0.2, -0.15) is 28.4 Å². The van der Waals surface area contributed by atoms with Gasteiger partial charge >= 0.3 is 6.18 Å². The highest BCUT2D eigenvalue weighted by Gasteiger charge is 2.33. The molecule has 3 aromatic heterocycles. The van der Waals surface area contributed by atoms with Gasteiger partial charge in [0.25, 0.3) is 0 Å². The van der Waals surface area contributed by atoms with Gasteiger partial charge in [-0.05, 0) is 12.0 Å². The normalized spacial score (nSPS) is 12.3. The lowest BCUT2D eigenvalue weighted by Crippen LogP contribution is -2.08. The molecule has 0 N–H and O–H groups in total. The highest BCUT2D eigenvalue weighted by Crippen LogP contribution is 2.28. The molecule has 3 aromatic rings. The summed E-state index contributed by atoms with van der Waals surface area (Å²) >= 11 is 0. The zero-order chi connectivity index (χ0) is 17.5. The Hall–Kier alpha value is -2.65. The van der Waals surface area contributed by atoms with E-state index in [1.807, 2.05) is 13.8 Å². The first kappa shape index (κ1) is 16.2. The van der Waals surface area contributed by atoms with Crippen LogP contribution >= 0.6 is 0 Å². The quantitative estimate of drug-likeness (QED) is 0.730. The van der Waals surface area contributed by atoms with E-state index >= 15 is 0 Å². The average molecular weight is 340 g/mol. The number of halogens is 3.